The van der Waals surface area contributed by atoms with Crippen molar-refractivity contribution >= 4 is 65.1 Å². The van der Waals surface area contributed by atoms with E-state index in [-0.39, 0.29) is 70.2 Å². The minimum Gasteiger partial charge on any atom is -0.480 e. The van der Waals surface area contributed by atoms with Gasteiger partial charge in [-0.15, -0.1) is 0 Å². The number of amides is 6. The molecule has 0 spiro atoms. The molecule has 0 aliphatic carbocycles. The first-order valence-electron chi connectivity index (χ1n) is 18.5. The topological polar surface area (TPSA) is 369 Å². The Bertz CT molecular complexity index is 1440. The number of carbonyl (C=O) groups is 7. The quantitative estimate of drug-likeness (QED) is 0.0262. The van der Waals surface area contributed by atoms with Crippen LogP contribution in [-0.4, -0.2) is 160 Å². The molecule has 2 aliphatic heterocycles. The minimum atomic E-state index is -1.62. The molecule has 56 heavy (non-hydrogen) atoms. The fraction of sp³-hybridized carbons (Fsp3) is 0.727. The van der Waals surface area contributed by atoms with Gasteiger partial charge in [-0.25, -0.2) is 4.79 Å². The van der Waals surface area contributed by atoms with Crippen LogP contribution in [0.2, 0.25) is 0 Å². The number of aliphatic hydroxyl groups excluding tert-OH is 1. The first kappa shape index (κ1) is 47.3. The zero-order valence-corrected chi connectivity index (χ0v) is 32.8. The molecule has 316 valence electrons. The normalized spacial score (nSPS) is 19.1. The predicted molar refractivity (Wildman–Crippen MR) is 208 cm³/mol. The van der Waals surface area contributed by atoms with Crippen molar-refractivity contribution in [1.29, 1.82) is 0 Å². The first-order chi connectivity index (χ1) is 26.5. The maximum Gasteiger partial charge on any atom is 0.328 e. The summed E-state index contributed by atoms with van der Waals surface area (Å²) in [5, 5.41) is 28.9. The van der Waals surface area contributed by atoms with E-state index in [0.717, 1.165) is 0 Å². The zero-order valence-electron chi connectivity index (χ0n) is 32.0. The van der Waals surface area contributed by atoms with E-state index < -0.39 is 90.3 Å². The van der Waals surface area contributed by atoms with Crippen molar-refractivity contribution in [3.8, 4) is 0 Å². The molecular formula is C33H59N13O9S. The number of nitrogens with two attached hydrogens (primary N) is 5. The van der Waals surface area contributed by atoms with E-state index in [1.165, 1.54) is 28.5 Å². The van der Waals surface area contributed by atoms with Crippen molar-refractivity contribution in [1.82, 2.24) is 31.1 Å². The van der Waals surface area contributed by atoms with Crippen LogP contribution in [-0.2, 0) is 33.6 Å². The smallest absolute Gasteiger partial charge is 0.328 e. The number of nitrogens with one attached hydrogen (secondary N) is 4. The van der Waals surface area contributed by atoms with Crippen molar-refractivity contribution in [3.05, 3.63) is 0 Å². The van der Waals surface area contributed by atoms with Gasteiger partial charge >= 0.3 is 5.97 Å². The number of likely N-dealkylation sites (tertiary alicyclic amines) is 2. The molecule has 0 saturated carbocycles. The Kier molecular flexibility index (Phi) is 20.2. The minimum absolute atomic E-state index is 0.00685. The Morgan fingerprint density at radius 3 is 1.73 bits per heavy atom. The van der Waals surface area contributed by atoms with E-state index in [2.05, 4.69) is 31.3 Å². The highest BCUT2D eigenvalue weighted by atomic mass is 32.2. The Morgan fingerprint density at radius 1 is 0.732 bits per heavy atom. The van der Waals surface area contributed by atoms with Crippen LogP contribution in [0.25, 0.3) is 0 Å². The fourth-order valence-corrected chi connectivity index (χ4v) is 6.79. The number of carboxylic acids is 1. The van der Waals surface area contributed by atoms with Gasteiger partial charge in [-0.05, 0) is 76.7 Å². The van der Waals surface area contributed by atoms with Gasteiger partial charge in [-0.3, -0.25) is 38.8 Å². The largest absolute Gasteiger partial charge is 0.480 e. The van der Waals surface area contributed by atoms with Gasteiger partial charge in [0.2, 0.25) is 35.4 Å². The molecule has 2 aliphatic rings. The van der Waals surface area contributed by atoms with E-state index in [9.17, 15) is 43.8 Å². The molecule has 0 aromatic carbocycles. The van der Waals surface area contributed by atoms with Gasteiger partial charge < -0.3 is 69.9 Å². The van der Waals surface area contributed by atoms with E-state index in [0.29, 0.717) is 31.4 Å². The Balaban J connectivity index is 2.25. The molecule has 0 aromatic heterocycles. The standard InChI is InChI=1S/C33H59N13O9S/c1-18(34)25(48)41-19(7-3-12-39-32(35)36)26(49)43-21(11-16-56-2)29(52)46-15-6-10-24(46)30(53)45-14-5-9-23(45)28(51)42-20(8-4-13-40-33(37)38)27(50)44-22(17-47)31(54)55/h18-24,47H,3-17,34H2,1-2H3,(H,41,48)(H,42,51)(H,43,49)(H,44,50)(H,54,55)(H4,35,36,39)(H4,37,38,40)/t18-,19-,20-,21-,22-,23-,24-/m0/s1. The molecule has 0 unspecified atom stereocenters. The molecule has 2 heterocycles. The van der Waals surface area contributed by atoms with Crippen LogP contribution in [0.15, 0.2) is 9.98 Å². The van der Waals surface area contributed by atoms with Crippen molar-refractivity contribution in [3.63, 3.8) is 0 Å². The first-order valence-corrected chi connectivity index (χ1v) is 19.9. The molecule has 23 heteroatoms. The van der Waals surface area contributed by atoms with Crippen molar-refractivity contribution in [2.45, 2.75) is 107 Å². The molecule has 2 fully saturated rings. The van der Waals surface area contributed by atoms with Crippen LogP contribution >= 0.6 is 11.8 Å². The lowest BCUT2D eigenvalue weighted by Gasteiger charge is -2.33. The second-order valence-electron chi connectivity index (χ2n) is 13.6. The number of aliphatic hydroxyl groups is 1. The molecule has 16 N–H and O–H groups in total. The number of aliphatic carboxylic acids is 1. The Labute approximate surface area is 329 Å². The molecule has 22 nitrogen and oxygen atoms in total. The highest BCUT2D eigenvalue weighted by Crippen LogP contribution is 2.26. The summed E-state index contributed by atoms with van der Waals surface area (Å²) >= 11 is 1.46. The Hall–Kier alpha value is -4.90. The number of aliphatic imine (C=N–C) groups is 2. The second-order valence-corrected chi connectivity index (χ2v) is 14.6. The summed E-state index contributed by atoms with van der Waals surface area (Å²) in [6.45, 7) is 1.33. The lowest BCUT2D eigenvalue weighted by molar-refractivity contribution is -0.148. The second kappa shape index (κ2) is 23.9. The summed E-state index contributed by atoms with van der Waals surface area (Å²) in [6, 6.07) is -7.79. The number of hydrogen-bond acceptors (Lipinski definition) is 12. The van der Waals surface area contributed by atoms with Gasteiger partial charge in [-0.2, -0.15) is 11.8 Å². The summed E-state index contributed by atoms with van der Waals surface area (Å²) in [7, 11) is 0. The van der Waals surface area contributed by atoms with E-state index in [1.54, 1.807) is 0 Å². The monoisotopic (exact) mass is 813 g/mol. The lowest BCUT2D eigenvalue weighted by Crippen LogP contribution is -2.59. The highest BCUT2D eigenvalue weighted by Gasteiger charge is 2.44. The third kappa shape index (κ3) is 15.0. The number of carbonyl (C=O) groups excluding carboxylic acids is 6. The fourth-order valence-electron chi connectivity index (χ4n) is 6.32. The summed E-state index contributed by atoms with van der Waals surface area (Å²) in [5.74, 6) is -4.95. The third-order valence-electron chi connectivity index (χ3n) is 9.25. The summed E-state index contributed by atoms with van der Waals surface area (Å²) < 4.78 is 0. The van der Waals surface area contributed by atoms with Crippen LogP contribution in [0.5, 0.6) is 0 Å². The number of carboxylic acid groups (broad SMARTS) is 1. The molecule has 2 saturated heterocycles. The molecular weight excluding hydrogens is 755 g/mol. The van der Waals surface area contributed by atoms with Gasteiger partial charge in [-0.1, -0.05) is 0 Å². The van der Waals surface area contributed by atoms with Crippen LogP contribution < -0.4 is 49.9 Å². The van der Waals surface area contributed by atoms with Crippen LogP contribution in [0.1, 0.15) is 64.7 Å². The van der Waals surface area contributed by atoms with Crippen molar-refractivity contribution < 1.29 is 43.8 Å². The number of hydrogen-bond donors (Lipinski definition) is 11. The summed E-state index contributed by atoms with van der Waals surface area (Å²) in [5.41, 5.74) is 27.3. The zero-order chi connectivity index (χ0) is 41.9. The van der Waals surface area contributed by atoms with Gasteiger partial charge in [0.1, 0.15) is 36.3 Å². The number of nitrogens with zero attached hydrogens (tertiary/aromatic N) is 4. The van der Waals surface area contributed by atoms with Crippen molar-refractivity contribution in [2.24, 2.45) is 38.7 Å². The molecule has 0 bridgehead atoms. The summed E-state index contributed by atoms with van der Waals surface area (Å²) in [4.78, 5) is 103. The SMILES string of the molecule is CSCC[C@H](NC(=O)[C@H](CCCN=C(N)N)NC(=O)[C@H](C)N)C(=O)N1CCC[C@H]1C(=O)N1CCC[C@H]1C(=O)N[C@@H](CCCN=C(N)N)C(=O)N[C@@H](CO)C(=O)O. The average Bonchev–Trinajstić information content (AvgIpc) is 3.84. The van der Waals surface area contributed by atoms with Gasteiger partial charge in [0.25, 0.3) is 0 Å². The molecule has 0 radical (unpaired) electrons. The number of guanidine groups is 2. The molecule has 2 rings (SSSR count). The molecule has 0 aromatic rings. The third-order valence-corrected chi connectivity index (χ3v) is 9.90. The van der Waals surface area contributed by atoms with E-state index >= 15 is 0 Å². The van der Waals surface area contributed by atoms with Gasteiger partial charge in [0, 0.05) is 26.2 Å². The van der Waals surface area contributed by atoms with E-state index in [1.807, 2.05) is 6.26 Å². The predicted octanol–water partition coefficient (Wildman–Crippen LogP) is -4.81. The van der Waals surface area contributed by atoms with Crippen molar-refractivity contribution in [2.75, 3.05) is 44.8 Å². The molecule has 6 amide bonds. The van der Waals surface area contributed by atoms with Gasteiger partial charge in [0.15, 0.2) is 11.9 Å². The van der Waals surface area contributed by atoms with E-state index in [4.69, 9.17) is 28.7 Å². The lowest BCUT2D eigenvalue weighted by atomic mass is 10.1. The summed E-state index contributed by atoms with van der Waals surface area (Å²) in [6.07, 6.45) is 4.30. The Morgan fingerprint density at radius 2 is 1.23 bits per heavy atom. The van der Waals surface area contributed by atoms with Gasteiger partial charge in [0.05, 0.1) is 12.6 Å². The maximum atomic E-state index is 14.1. The number of rotatable bonds is 23. The van der Waals surface area contributed by atoms with Crippen LogP contribution in [0.4, 0.5) is 0 Å². The van der Waals surface area contributed by atoms with Crippen LogP contribution in [0.3, 0.4) is 0 Å². The number of thioether (sulfide) groups is 1. The molecule has 7 atom stereocenters. The highest BCUT2D eigenvalue weighted by molar-refractivity contribution is 7.98. The average molecular weight is 814 g/mol. The maximum absolute atomic E-state index is 14.1. The van der Waals surface area contributed by atoms with Crippen LogP contribution in [0, 0.1) is 0 Å².